The molecule has 0 fully saturated rings. The maximum absolute atomic E-state index is 11.7. The first-order valence-corrected chi connectivity index (χ1v) is 7.60. The number of ether oxygens (including phenoxy) is 2. The van der Waals surface area contributed by atoms with Gasteiger partial charge in [0.15, 0.2) is 13.2 Å². The molecular weight excluding hydrogens is 397 g/mol. The van der Waals surface area contributed by atoms with Gasteiger partial charge in [0.2, 0.25) is 0 Å². The van der Waals surface area contributed by atoms with Gasteiger partial charge in [-0.2, -0.15) is 0 Å². The van der Waals surface area contributed by atoms with Crippen molar-refractivity contribution in [2.45, 2.75) is 0 Å². The molecule has 0 saturated heterocycles. The van der Waals surface area contributed by atoms with E-state index in [4.69, 9.17) is 9.47 Å². The number of esters is 1. The Balaban J connectivity index is 1.70. The Kier molecular flexibility index (Phi) is 6.20. The molecule has 0 unspecified atom stereocenters. The number of hydrogen-bond acceptors (Lipinski definition) is 4. The van der Waals surface area contributed by atoms with Gasteiger partial charge < -0.3 is 14.8 Å². The highest BCUT2D eigenvalue weighted by Gasteiger charge is 2.09. The fourth-order valence-electron chi connectivity index (χ4n) is 1.61. The first-order valence-electron chi connectivity index (χ1n) is 6.52. The number of anilines is 1. The predicted octanol–water partition coefficient (Wildman–Crippen LogP) is 2.85. The highest BCUT2D eigenvalue weighted by molar-refractivity contribution is 14.1. The summed E-state index contributed by atoms with van der Waals surface area (Å²) < 4.78 is 11.1. The standard InChI is InChI=1S/C16H14INO4/c17-12-5-4-6-13(9-12)18-15(19)10-22-16(20)11-21-14-7-2-1-3-8-14/h1-9H,10-11H2,(H,18,19). The molecule has 0 aliphatic rings. The van der Waals surface area contributed by atoms with Crippen molar-refractivity contribution >= 4 is 40.2 Å². The van der Waals surface area contributed by atoms with E-state index in [9.17, 15) is 9.59 Å². The van der Waals surface area contributed by atoms with Crippen molar-refractivity contribution in [3.8, 4) is 5.75 Å². The zero-order chi connectivity index (χ0) is 15.8. The molecule has 0 saturated carbocycles. The fraction of sp³-hybridized carbons (Fsp3) is 0.125. The van der Waals surface area contributed by atoms with Crippen molar-refractivity contribution in [2.24, 2.45) is 0 Å². The molecule has 2 aromatic carbocycles. The quantitative estimate of drug-likeness (QED) is 0.587. The van der Waals surface area contributed by atoms with Gasteiger partial charge in [-0.25, -0.2) is 4.79 Å². The van der Waals surface area contributed by atoms with Crippen LogP contribution in [-0.4, -0.2) is 25.1 Å². The molecule has 0 spiro atoms. The Bertz CT molecular complexity index is 646. The zero-order valence-corrected chi connectivity index (χ0v) is 13.8. The van der Waals surface area contributed by atoms with Gasteiger partial charge in [-0.3, -0.25) is 4.79 Å². The van der Waals surface area contributed by atoms with E-state index in [1.54, 1.807) is 30.3 Å². The zero-order valence-electron chi connectivity index (χ0n) is 11.6. The normalized spacial score (nSPS) is 9.86. The largest absolute Gasteiger partial charge is 0.482 e. The van der Waals surface area contributed by atoms with Crippen LogP contribution in [0.25, 0.3) is 0 Å². The molecule has 6 heteroatoms. The summed E-state index contributed by atoms with van der Waals surface area (Å²) in [5.41, 5.74) is 0.661. The summed E-state index contributed by atoms with van der Waals surface area (Å²) >= 11 is 2.15. The molecule has 22 heavy (non-hydrogen) atoms. The average molecular weight is 411 g/mol. The smallest absolute Gasteiger partial charge is 0.344 e. The summed E-state index contributed by atoms with van der Waals surface area (Å²) in [7, 11) is 0. The van der Waals surface area contributed by atoms with Gasteiger partial charge in [0, 0.05) is 9.26 Å². The number of amides is 1. The van der Waals surface area contributed by atoms with Crippen molar-refractivity contribution in [2.75, 3.05) is 18.5 Å². The van der Waals surface area contributed by atoms with Crippen LogP contribution in [0.1, 0.15) is 0 Å². The molecule has 0 aliphatic carbocycles. The second kappa shape index (κ2) is 8.38. The predicted molar refractivity (Wildman–Crippen MR) is 90.7 cm³/mol. The van der Waals surface area contributed by atoms with Crippen molar-refractivity contribution in [3.63, 3.8) is 0 Å². The Morgan fingerprint density at radius 2 is 1.77 bits per heavy atom. The second-order valence-corrected chi connectivity index (χ2v) is 5.57. The monoisotopic (exact) mass is 411 g/mol. The van der Waals surface area contributed by atoms with Gasteiger partial charge >= 0.3 is 5.97 Å². The number of carbonyl (C=O) groups is 2. The number of hydrogen-bond donors (Lipinski definition) is 1. The molecule has 0 aromatic heterocycles. The van der Waals surface area contributed by atoms with Crippen LogP contribution in [0, 0.1) is 3.57 Å². The molecule has 5 nitrogen and oxygen atoms in total. The van der Waals surface area contributed by atoms with E-state index >= 15 is 0 Å². The van der Waals surface area contributed by atoms with E-state index in [1.165, 1.54) is 0 Å². The third-order valence-electron chi connectivity index (χ3n) is 2.57. The second-order valence-electron chi connectivity index (χ2n) is 4.32. The van der Waals surface area contributed by atoms with Gasteiger partial charge in [-0.05, 0) is 52.9 Å². The summed E-state index contributed by atoms with van der Waals surface area (Å²) in [5, 5.41) is 2.65. The van der Waals surface area contributed by atoms with Crippen LogP contribution in [0.5, 0.6) is 5.75 Å². The lowest BCUT2D eigenvalue weighted by Crippen LogP contribution is -2.23. The molecule has 2 aromatic rings. The third kappa shape index (κ3) is 5.72. The first kappa shape index (κ1) is 16.3. The van der Waals surface area contributed by atoms with Crippen LogP contribution in [0.3, 0.4) is 0 Å². The highest BCUT2D eigenvalue weighted by Crippen LogP contribution is 2.12. The van der Waals surface area contributed by atoms with Gasteiger partial charge in [0.1, 0.15) is 5.75 Å². The van der Waals surface area contributed by atoms with Crippen molar-refractivity contribution in [3.05, 3.63) is 58.2 Å². The fourth-order valence-corrected chi connectivity index (χ4v) is 2.15. The number of para-hydroxylation sites is 1. The Morgan fingerprint density at radius 3 is 2.50 bits per heavy atom. The molecule has 0 radical (unpaired) electrons. The molecule has 0 heterocycles. The molecule has 2 rings (SSSR count). The molecule has 0 atom stereocenters. The summed E-state index contributed by atoms with van der Waals surface area (Å²) in [6.45, 7) is -0.580. The van der Waals surface area contributed by atoms with Crippen LogP contribution in [0.4, 0.5) is 5.69 Å². The van der Waals surface area contributed by atoms with Crippen LogP contribution < -0.4 is 10.1 Å². The highest BCUT2D eigenvalue weighted by atomic mass is 127. The van der Waals surface area contributed by atoms with Crippen LogP contribution in [0.2, 0.25) is 0 Å². The molecule has 1 N–H and O–H groups in total. The molecular formula is C16H14INO4. The summed E-state index contributed by atoms with van der Waals surface area (Å²) in [4.78, 5) is 23.2. The first-order chi connectivity index (χ1) is 10.6. The number of rotatable bonds is 6. The van der Waals surface area contributed by atoms with E-state index in [2.05, 4.69) is 27.9 Å². The van der Waals surface area contributed by atoms with Crippen LogP contribution in [-0.2, 0) is 14.3 Å². The SMILES string of the molecule is O=C(COC(=O)COc1ccccc1)Nc1cccc(I)c1. The van der Waals surface area contributed by atoms with Gasteiger partial charge in [-0.15, -0.1) is 0 Å². The van der Waals surface area contributed by atoms with E-state index in [0.29, 0.717) is 11.4 Å². The van der Waals surface area contributed by atoms with Crippen LogP contribution in [0.15, 0.2) is 54.6 Å². The Morgan fingerprint density at radius 1 is 1.00 bits per heavy atom. The van der Waals surface area contributed by atoms with Crippen molar-refractivity contribution < 1.29 is 19.1 Å². The number of halogens is 1. The maximum atomic E-state index is 11.7. The van der Waals surface area contributed by atoms with Gasteiger partial charge in [0.25, 0.3) is 5.91 Å². The molecule has 0 aliphatic heterocycles. The Hall–Kier alpha value is -2.09. The lowest BCUT2D eigenvalue weighted by Gasteiger charge is -2.08. The van der Waals surface area contributed by atoms with Crippen molar-refractivity contribution in [1.82, 2.24) is 0 Å². The minimum Gasteiger partial charge on any atom is -0.482 e. The number of carbonyl (C=O) groups excluding carboxylic acids is 2. The van der Waals surface area contributed by atoms with Gasteiger partial charge in [0.05, 0.1) is 0 Å². The average Bonchev–Trinajstić information content (AvgIpc) is 2.52. The van der Waals surface area contributed by atoms with E-state index in [-0.39, 0.29) is 13.2 Å². The lowest BCUT2D eigenvalue weighted by atomic mass is 10.3. The maximum Gasteiger partial charge on any atom is 0.344 e. The lowest BCUT2D eigenvalue weighted by molar-refractivity contribution is -0.149. The number of benzene rings is 2. The summed E-state index contributed by atoms with van der Waals surface area (Å²) in [5.74, 6) is -0.417. The van der Waals surface area contributed by atoms with E-state index in [1.807, 2.05) is 24.3 Å². The minimum absolute atomic E-state index is 0.236. The van der Waals surface area contributed by atoms with Crippen LogP contribution >= 0.6 is 22.6 Å². The topological polar surface area (TPSA) is 64.6 Å². The number of nitrogens with one attached hydrogen (secondary N) is 1. The van der Waals surface area contributed by atoms with Gasteiger partial charge in [-0.1, -0.05) is 24.3 Å². The molecule has 114 valence electrons. The minimum atomic E-state index is -0.596. The summed E-state index contributed by atoms with van der Waals surface area (Å²) in [6, 6.07) is 16.2. The Labute approximate surface area is 141 Å². The van der Waals surface area contributed by atoms with E-state index < -0.39 is 11.9 Å². The van der Waals surface area contributed by atoms with E-state index in [0.717, 1.165) is 3.57 Å². The molecule has 1 amide bonds. The summed E-state index contributed by atoms with van der Waals surface area (Å²) in [6.07, 6.45) is 0. The van der Waals surface area contributed by atoms with Crippen molar-refractivity contribution in [1.29, 1.82) is 0 Å². The third-order valence-corrected chi connectivity index (χ3v) is 3.24. The molecule has 0 bridgehead atoms.